The first-order valence-electron chi connectivity index (χ1n) is 24.4. The normalized spacial score (nSPS) is 14.1. The predicted molar refractivity (Wildman–Crippen MR) is 287 cm³/mol. The van der Waals surface area contributed by atoms with Gasteiger partial charge in [0.2, 0.25) is 0 Å². The molecule has 0 aliphatic heterocycles. The number of para-hydroxylation sites is 1. The topological polar surface area (TPSA) is 51.8 Å². The standard InChI is InChI=1S/C67H39N3O/c1-3-22-42-40(18-1)20-15-27-48(42)63-68-64(49-28-16-21-41-19-2-4-23-43(41)49)70-65(69-63)51-30-17-29-50-60-58(39-38-47-46-26-7-14-37-59(46)71-62(47)60)67(61(50)51)56-35-12-10-33-54(56)66(55-34-11-13-36-57(55)67)52-31-8-5-24-44(52)45-25-6-9-32-53(45)66/h1-39H. The summed E-state index contributed by atoms with van der Waals surface area (Å²) in [7, 11) is 0. The van der Waals surface area contributed by atoms with E-state index in [1.54, 1.807) is 0 Å². The second-order valence-electron chi connectivity index (χ2n) is 19.2. The number of hydrogen-bond donors (Lipinski definition) is 0. The summed E-state index contributed by atoms with van der Waals surface area (Å²) in [6.07, 6.45) is 0. The third-order valence-corrected chi connectivity index (χ3v) is 16.0. The van der Waals surface area contributed by atoms with E-state index in [0.29, 0.717) is 17.5 Å². The Morgan fingerprint density at radius 2 is 0.676 bits per heavy atom. The van der Waals surface area contributed by atoms with Crippen LogP contribution in [0.3, 0.4) is 0 Å². The highest BCUT2D eigenvalue weighted by Gasteiger charge is 2.60. The van der Waals surface area contributed by atoms with E-state index in [4.69, 9.17) is 19.4 Å². The van der Waals surface area contributed by atoms with Gasteiger partial charge in [0.15, 0.2) is 17.5 Å². The Labute approximate surface area is 409 Å². The van der Waals surface area contributed by atoms with Crippen molar-refractivity contribution in [3.8, 4) is 56.4 Å². The van der Waals surface area contributed by atoms with E-state index in [-0.39, 0.29) is 0 Å². The molecule has 0 N–H and O–H groups in total. The summed E-state index contributed by atoms with van der Waals surface area (Å²) in [5, 5.41) is 6.62. The molecular formula is C67H39N3O. The molecule has 0 fully saturated rings. The Morgan fingerprint density at radius 1 is 0.268 bits per heavy atom. The van der Waals surface area contributed by atoms with Crippen LogP contribution in [0.4, 0.5) is 0 Å². The van der Waals surface area contributed by atoms with E-state index in [2.05, 4.69) is 237 Å². The van der Waals surface area contributed by atoms with Crippen LogP contribution < -0.4 is 0 Å². The van der Waals surface area contributed by atoms with E-state index < -0.39 is 10.8 Å². The van der Waals surface area contributed by atoms with Gasteiger partial charge in [-0.05, 0) is 88.8 Å². The minimum atomic E-state index is -0.842. The summed E-state index contributed by atoms with van der Waals surface area (Å²) in [6, 6.07) is 86.2. The average molecular weight is 902 g/mol. The lowest BCUT2D eigenvalue weighted by molar-refractivity contribution is 0.632. The van der Waals surface area contributed by atoms with Gasteiger partial charge in [-0.3, -0.25) is 0 Å². The molecule has 0 unspecified atom stereocenters. The fourth-order valence-electron chi connectivity index (χ4n) is 13.4. The van der Waals surface area contributed by atoms with Crippen LogP contribution in [-0.4, -0.2) is 15.0 Å². The molecule has 3 aliphatic carbocycles. The monoisotopic (exact) mass is 901 g/mol. The number of aromatic nitrogens is 3. The van der Waals surface area contributed by atoms with Crippen LogP contribution >= 0.6 is 0 Å². The van der Waals surface area contributed by atoms with Gasteiger partial charge in [-0.15, -0.1) is 0 Å². The molecule has 0 saturated carbocycles. The van der Waals surface area contributed by atoms with E-state index in [9.17, 15) is 0 Å². The van der Waals surface area contributed by atoms with Crippen molar-refractivity contribution in [2.75, 3.05) is 0 Å². The van der Waals surface area contributed by atoms with Crippen molar-refractivity contribution in [2.24, 2.45) is 0 Å². The highest BCUT2D eigenvalue weighted by molar-refractivity contribution is 6.13. The van der Waals surface area contributed by atoms with Crippen LogP contribution in [0.5, 0.6) is 0 Å². The van der Waals surface area contributed by atoms with Crippen molar-refractivity contribution in [3.05, 3.63) is 281 Å². The highest BCUT2D eigenvalue weighted by atomic mass is 16.3. The van der Waals surface area contributed by atoms with Crippen LogP contribution in [0.25, 0.3) is 99.9 Å². The van der Waals surface area contributed by atoms with Gasteiger partial charge >= 0.3 is 0 Å². The van der Waals surface area contributed by atoms with Crippen LogP contribution in [0.2, 0.25) is 0 Å². The fraction of sp³-hybridized carbons (Fsp3) is 0.0299. The number of rotatable bonds is 3. The van der Waals surface area contributed by atoms with Crippen LogP contribution in [0.1, 0.15) is 44.5 Å². The molecule has 0 atom stereocenters. The lowest BCUT2D eigenvalue weighted by Crippen LogP contribution is -2.44. The number of hydrogen-bond acceptors (Lipinski definition) is 4. The second-order valence-corrected chi connectivity index (χ2v) is 19.2. The van der Waals surface area contributed by atoms with E-state index >= 15 is 0 Å². The summed E-state index contributed by atoms with van der Waals surface area (Å²) in [6.45, 7) is 0. The van der Waals surface area contributed by atoms with Gasteiger partial charge in [0.1, 0.15) is 11.2 Å². The smallest absolute Gasteiger partial charge is 0.164 e. The Bertz CT molecular complexity index is 4240. The summed E-state index contributed by atoms with van der Waals surface area (Å²) in [5.74, 6) is 1.86. The maximum absolute atomic E-state index is 7.09. The molecule has 0 bridgehead atoms. The molecule has 4 heteroatoms. The molecule has 0 radical (unpaired) electrons. The van der Waals surface area contributed by atoms with Crippen LogP contribution in [0.15, 0.2) is 241 Å². The first kappa shape index (κ1) is 38.7. The lowest BCUT2D eigenvalue weighted by atomic mass is 9.52. The Kier molecular flexibility index (Phi) is 7.72. The molecule has 11 aromatic carbocycles. The van der Waals surface area contributed by atoms with Crippen molar-refractivity contribution < 1.29 is 4.42 Å². The van der Waals surface area contributed by atoms with E-state index in [0.717, 1.165) is 76.9 Å². The SMILES string of the molecule is c1ccc2c(c1)-c1ccccc1C21c2ccccc2C2(c3ccccc31)c1ccc3c(oc4ccccc43)c1-c1cccc(-c3nc(-c4cccc5ccccc45)nc(-c4cccc5ccccc45)n3)c12. The first-order chi connectivity index (χ1) is 35.2. The fourth-order valence-corrected chi connectivity index (χ4v) is 13.4. The zero-order valence-electron chi connectivity index (χ0n) is 38.3. The maximum atomic E-state index is 7.09. The molecule has 71 heavy (non-hydrogen) atoms. The maximum Gasteiger partial charge on any atom is 0.164 e. The molecule has 328 valence electrons. The number of fused-ring (bicyclic) bond motifs is 22. The molecule has 4 nitrogen and oxygen atoms in total. The molecule has 16 rings (SSSR count). The minimum Gasteiger partial charge on any atom is -0.455 e. The quantitative estimate of drug-likeness (QED) is 0.177. The zero-order valence-corrected chi connectivity index (χ0v) is 38.3. The molecule has 0 saturated heterocycles. The predicted octanol–water partition coefficient (Wildman–Crippen LogP) is 16.1. The summed E-state index contributed by atoms with van der Waals surface area (Å²) < 4.78 is 7.09. The molecule has 2 spiro atoms. The first-order valence-corrected chi connectivity index (χ1v) is 24.4. The molecular weight excluding hydrogens is 863 g/mol. The van der Waals surface area contributed by atoms with Gasteiger partial charge in [0.25, 0.3) is 0 Å². The summed E-state index contributed by atoms with van der Waals surface area (Å²) in [4.78, 5) is 16.7. The Morgan fingerprint density at radius 3 is 1.27 bits per heavy atom. The van der Waals surface area contributed by atoms with Crippen molar-refractivity contribution >= 4 is 43.5 Å². The number of nitrogens with zero attached hydrogens (tertiary/aromatic N) is 3. The van der Waals surface area contributed by atoms with Gasteiger partial charge in [-0.2, -0.15) is 0 Å². The van der Waals surface area contributed by atoms with Crippen molar-refractivity contribution in [2.45, 2.75) is 10.8 Å². The molecule has 13 aromatic rings. The Hall–Kier alpha value is -9.25. The van der Waals surface area contributed by atoms with Gasteiger partial charge < -0.3 is 4.42 Å². The number of furan rings is 1. The highest BCUT2D eigenvalue weighted by Crippen LogP contribution is 2.69. The van der Waals surface area contributed by atoms with E-state index in [1.165, 1.54) is 50.1 Å². The molecule has 2 aromatic heterocycles. The average Bonchev–Trinajstić information content (AvgIpc) is 4.08. The minimum absolute atomic E-state index is 0.594. The molecule has 2 heterocycles. The second kappa shape index (κ2) is 14.2. The third kappa shape index (κ3) is 4.91. The van der Waals surface area contributed by atoms with Gasteiger partial charge in [0, 0.05) is 33.0 Å². The van der Waals surface area contributed by atoms with Gasteiger partial charge in [-0.25, -0.2) is 15.0 Å². The van der Waals surface area contributed by atoms with Gasteiger partial charge in [-0.1, -0.05) is 231 Å². The van der Waals surface area contributed by atoms with Crippen molar-refractivity contribution in [3.63, 3.8) is 0 Å². The largest absolute Gasteiger partial charge is 0.455 e. The zero-order chi connectivity index (χ0) is 46.4. The third-order valence-electron chi connectivity index (χ3n) is 16.0. The molecule has 3 aliphatic rings. The lowest BCUT2D eigenvalue weighted by Gasteiger charge is -2.49. The summed E-state index contributed by atoms with van der Waals surface area (Å²) in [5.41, 5.74) is 17.8. The van der Waals surface area contributed by atoms with Crippen molar-refractivity contribution in [1.82, 2.24) is 15.0 Å². The van der Waals surface area contributed by atoms with Crippen LogP contribution in [0, 0.1) is 0 Å². The molecule has 0 amide bonds. The summed E-state index contributed by atoms with van der Waals surface area (Å²) >= 11 is 0. The van der Waals surface area contributed by atoms with Crippen LogP contribution in [-0.2, 0) is 10.8 Å². The van der Waals surface area contributed by atoms with Gasteiger partial charge in [0.05, 0.1) is 10.8 Å². The Balaban J connectivity index is 1.08. The van der Waals surface area contributed by atoms with E-state index in [1.807, 2.05) is 0 Å². The number of benzene rings is 11. The van der Waals surface area contributed by atoms with Crippen molar-refractivity contribution in [1.29, 1.82) is 0 Å².